The van der Waals surface area contributed by atoms with Gasteiger partial charge in [0.2, 0.25) is 53.2 Å². The van der Waals surface area contributed by atoms with Crippen molar-refractivity contribution in [3.05, 3.63) is 47.7 Å². The minimum Gasteiger partial charge on any atom is -0.458 e. The van der Waals surface area contributed by atoms with E-state index in [4.69, 9.17) is 10.5 Å². The van der Waals surface area contributed by atoms with E-state index in [2.05, 4.69) is 54.8 Å². The number of nitrogens with one attached hydrogen (secondary N) is 9. The van der Waals surface area contributed by atoms with Crippen LogP contribution in [-0.4, -0.2) is 144 Å². The topological polar surface area (TPSA) is 335 Å². The van der Waals surface area contributed by atoms with E-state index in [9.17, 15) is 52.7 Å². The summed E-state index contributed by atoms with van der Waals surface area (Å²) in [6, 6.07) is -2.64. The molecule has 11 N–H and O–H groups in total. The summed E-state index contributed by atoms with van der Waals surface area (Å²) in [7, 11) is 0. The number of carbonyl (C=O) groups excluding carboxylic acids is 11. The third-order valence-electron chi connectivity index (χ3n) is 17.5. The molecule has 10 amide bonds. The van der Waals surface area contributed by atoms with Gasteiger partial charge in [0.25, 0.3) is 5.91 Å². The summed E-state index contributed by atoms with van der Waals surface area (Å²) in [4.78, 5) is 159. The molecule has 12 atom stereocenters. The highest BCUT2D eigenvalue weighted by atomic mass is 16.5. The molecule has 0 spiro atoms. The van der Waals surface area contributed by atoms with Crippen molar-refractivity contribution in [3.8, 4) is 0 Å². The van der Waals surface area contributed by atoms with Gasteiger partial charge in [-0.3, -0.25) is 47.9 Å². The summed E-state index contributed by atoms with van der Waals surface area (Å²) in [6.07, 6.45) is 14.4. The molecule has 91 heavy (non-hydrogen) atoms. The number of hydrogen-bond acceptors (Lipinski definition) is 13. The van der Waals surface area contributed by atoms with Gasteiger partial charge in [-0.25, -0.2) is 4.79 Å². The summed E-state index contributed by atoms with van der Waals surface area (Å²) in [5.74, 6) is -10.7. The van der Waals surface area contributed by atoms with E-state index in [1.54, 1.807) is 85.7 Å². The Labute approximate surface area is 541 Å². The summed E-state index contributed by atoms with van der Waals surface area (Å²) in [5.41, 5.74) is 6.37. The van der Waals surface area contributed by atoms with Crippen LogP contribution < -0.4 is 53.6 Å². The first-order chi connectivity index (χ1) is 43.2. The fourth-order valence-corrected chi connectivity index (χ4v) is 11.2. The molecular formula is C68H113N11O12. The van der Waals surface area contributed by atoms with Gasteiger partial charge in [0.1, 0.15) is 66.2 Å². The van der Waals surface area contributed by atoms with Gasteiger partial charge in [0.15, 0.2) is 0 Å². The van der Waals surface area contributed by atoms with Gasteiger partial charge >= 0.3 is 5.97 Å². The first-order valence-electron chi connectivity index (χ1n) is 33.9. The molecule has 1 aromatic rings. The van der Waals surface area contributed by atoms with E-state index >= 15 is 0 Å². The third kappa shape index (κ3) is 25.6. The number of ether oxygens (including phenoxy) is 1. The molecule has 0 radical (unpaired) electrons. The Morgan fingerprint density at radius 2 is 1.26 bits per heavy atom. The number of benzene rings is 1. The zero-order valence-electron chi connectivity index (χ0n) is 56.9. The monoisotopic (exact) mass is 1280 g/mol. The molecule has 2 aliphatic heterocycles. The predicted molar refractivity (Wildman–Crippen MR) is 351 cm³/mol. The van der Waals surface area contributed by atoms with Crippen LogP contribution in [0.4, 0.5) is 0 Å². The lowest BCUT2D eigenvalue weighted by atomic mass is 9.95. The number of nitrogens with two attached hydrogens (primary N) is 1. The molecule has 23 nitrogen and oxygen atoms in total. The van der Waals surface area contributed by atoms with Crippen molar-refractivity contribution in [3.63, 3.8) is 0 Å². The van der Waals surface area contributed by atoms with Crippen LogP contribution in [-0.2, 0) is 63.9 Å². The number of unbranched alkanes of at least 4 members (excludes halogenated alkanes) is 10. The molecule has 2 aliphatic rings. The van der Waals surface area contributed by atoms with Crippen LogP contribution >= 0.6 is 0 Å². The van der Waals surface area contributed by atoms with Crippen molar-refractivity contribution in [2.24, 2.45) is 35.3 Å². The van der Waals surface area contributed by atoms with E-state index in [0.29, 0.717) is 37.7 Å². The number of cyclic esters (lactones) is 1. The Morgan fingerprint density at radius 3 is 1.82 bits per heavy atom. The van der Waals surface area contributed by atoms with Gasteiger partial charge in [-0.1, -0.05) is 190 Å². The van der Waals surface area contributed by atoms with Gasteiger partial charge in [0.05, 0.1) is 0 Å². The quantitative estimate of drug-likeness (QED) is 0.0240. The van der Waals surface area contributed by atoms with Crippen molar-refractivity contribution in [1.82, 2.24) is 52.8 Å². The Balaban J connectivity index is 1.95. The van der Waals surface area contributed by atoms with Crippen molar-refractivity contribution >= 4 is 65.0 Å². The number of esters is 1. The summed E-state index contributed by atoms with van der Waals surface area (Å²) in [5, 5.41) is 24.8. The Kier molecular flexibility index (Phi) is 35.2. The normalized spacial score (nSPS) is 22.8. The van der Waals surface area contributed by atoms with E-state index in [1.807, 2.05) is 13.8 Å². The molecule has 1 aromatic carbocycles. The van der Waals surface area contributed by atoms with Crippen LogP contribution in [0.5, 0.6) is 0 Å². The molecular weight excluding hydrogens is 1160 g/mol. The van der Waals surface area contributed by atoms with Gasteiger partial charge in [-0.05, 0) is 87.6 Å². The number of nitrogens with zero attached hydrogens (tertiary/aromatic N) is 1. The molecule has 0 aliphatic carbocycles. The lowest BCUT2D eigenvalue weighted by Crippen LogP contribution is -2.64. The van der Waals surface area contributed by atoms with Gasteiger partial charge in [0, 0.05) is 19.4 Å². The Bertz CT molecular complexity index is 2560. The molecule has 23 heteroatoms. The fourth-order valence-electron chi connectivity index (χ4n) is 11.2. The second kappa shape index (κ2) is 40.8. The summed E-state index contributed by atoms with van der Waals surface area (Å²) in [6.45, 7) is 22.8. The zero-order chi connectivity index (χ0) is 67.9. The first kappa shape index (κ1) is 78.3. The smallest absolute Gasteiger partial charge is 0.329 e. The number of hydrogen-bond donors (Lipinski definition) is 10. The molecule has 2 fully saturated rings. The number of likely N-dealkylation sites (tertiary alicyclic amines) is 1. The van der Waals surface area contributed by atoms with Crippen LogP contribution in [0.15, 0.2) is 42.1 Å². The average Bonchev–Trinajstić information content (AvgIpc) is 1.88. The van der Waals surface area contributed by atoms with E-state index in [1.165, 1.54) is 69.8 Å². The summed E-state index contributed by atoms with van der Waals surface area (Å²) >= 11 is 0. The maximum Gasteiger partial charge on any atom is 0.329 e. The molecule has 0 aromatic heterocycles. The Hall–Kier alpha value is -6.91. The molecule has 512 valence electrons. The summed E-state index contributed by atoms with van der Waals surface area (Å²) < 4.78 is 5.96. The van der Waals surface area contributed by atoms with Crippen molar-refractivity contribution in [2.45, 2.75) is 272 Å². The third-order valence-corrected chi connectivity index (χ3v) is 17.5. The van der Waals surface area contributed by atoms with Crippen molar-refractivity contribution < 1.29 is 57.5 Å². The van der Waals surface area contributed by atoms with Crippen LogP contribution in [0.3, 0.4) is 0 Å². The molecule has 0 saturated carbocycles. The van der Waals surface area contributed by atoms with E-state index in [0.717, 1.165) is 19.3 Å². The maximum absolute atomic E-state index is 15.0. The molecule has 2 saturated heterocycles. The minimum atomic E-state index is -1.76. The van der Waals surface area contributed by atoms with Gasteiger partial charge in [-0.2, -0.15) is 0 Å². The second-order valence-electron chi connectivity index (χ2n) is 26.0. The minimum absolute atomic E-state index is 0.00877. The van der Waals surface area contributed by atoms with E-state index < -0.39 is 143 Å². The van der Waals surface area contributed by atoms with Crippen LogP contribution in [0, 0.1) is 29.6 Å². The molecule has 3 rings (SSSR count). The zero-order valence-corrected chi connectivity index (χ0v) is 56.9. The number of amides is 10. The van der Waals surface area contributed by atoms with Crippen molar-refractivity contribution in [2.75, 3.05) is 13.1 Å². The lowest BCUT2D eigenvalue weighted by molar-refractivity contribution is -0.157. The number of carbonyl (C=O) groups is 11. The SMILES string of the molecule is C/C=C1\NC(=O)[C@H](Cc2ccccc2)NC(=O)[C@@H](C(C)C)NC(=O)[C@@H]([C@H](C)CC)NC(=O)[C@H](NC(=O)[C@H](NC(=O)[C@H](CCCN)NC(=O)[C@H]2CCCN2C(=O)[C@H](NC(=O)CCCCCCCCCCCCC)C(C)C)[C@H](C)CC)[C@H](C)OC(=O)[C@H](C(C)C)NC1=O. The maximum atomic E-state index is 15.0. The lowest BCUT2D eigenvalue weighted by Gasteiger charge is -2.33. The van der Waals surface area contributed by atoms with Gasteiger partial charge < -0.3 is 63.2 Å². The van der Waals surface area contributed by atoms with Crippen LogP contribution in [0.1, 0.15) is 211 Å². The standard InChI is InChI=1S/C68H113N11O12/c1-14-18-19-20-21-22-23-24-25-26-30-37-52(80)73-54(42(7)8)67(89)79-39-32-36-51(79)62(84)71-49(35-31-38-69)60(82)76-56(44(11)15-2)65(87)78-58-46(13)91-68(90)55(43(9)10)75-59(81)48(17-4)70-61(83)50(40-47-33-28-27-29-34-47)72-63(85)53(41(5)6)74-64(86)57(45(12)16-3)77-66(58)88/h17,27-29,33-34,41-46,49-51,53-58H,14-16,18-26,30-32,35-40,69H2,1-13H3,(H,70,83)(H,71,84)(H,72,85)(H,73,80)(H,74,86)(H,75,81)(H,76,82)(H,77,88)(H,78,87)/b48-17-/t44-,45-,46+,49+,50+,51-,53-,54-,55+,56-,57-,58-/m1/s1. The van der Waals surface area contributed by atoms with E-state index in [-0.39, 0.29) is 56.3 Å². The number of allylic oxidation sites excluding steroid dienone is 1. The highest BCUT2D eigenvalue weighted by Crippen LogP contribution is 2.23. The van der Waals surface area contributed by atoms with Crippen LogP contribution in [0.25, 0.3) is 0 Å². The van der Waals surface area contributed by atoms with Gasteiger partial charge in [-0.15, -0.1) is 0 Å². The second-order valence-corrected chi connectivity index (χ2v) is 26.0. The largest absolute Gasteiger partial charge is 0.458 e. The highest BCUT2D eigenvalue weighted by Gasteiger charge is 2.43. The fraction of sp³-hybridized carbons (Fsp3) is 0.721. The number of rotatable bonds is 32. The molecule has 2 heterocycles. The van der Waals surface area contributed by atoms with Crippen LogP contribution in [0.2, 0.25) is 0 Å². The van der Waals surface area contributed by atoms with Crippen molar-refractivity contribution in [1.29, 1.82) is 0 Å². The molecule has 0 unspecified atom stereocenters. The predicted octanol–water partition coefficient (Wildman–Crippen LogP) is 5.56. The first-order valence-corrected chi connectivity index (χ1v) is 33.9. The molecule has 0 bridgehead atoms. The Morgan fingerprint density at radius 1 is 0.670 bits per heavy atom. The average molecular weight is 1280 g/mol. The highest BCUT2D eigenvalue weighted by molar-refractivity contribution is 6.02.